The van der Waals surface area contributed by atoms with Gasteiger partial charge in [-0.15, -0.1) is 5.06 Å². The maximum atomic E-state index is 11.9. The Kier molecular flexibility index (Phi) is 5.35. The van der Waals surface area contributed by atoms with Gasteiger partial charge in [0, 0.05) is 0 Å². The van der Waals surface area contributed by atoms with Gasteiger partial charge in [0.05, 0.1) is 36.1 Å². The minimum absolute atomic E-state index is 0.392. The van der Waals surface area contributed by atoms with Crippen LogP contribution in [0.25, 0.3) is 0 Å². The smallest absolute Gasteiger partial charge is 0.326 e. The fraction of sp³-hybridized carbons (Fsp3) is 0.857. The highest BCUT2D eigenvalue weighted by molar-refractivity contribution is 5.78. The van der Waals surface area contributed by atoms with Crippen LogP contribution < -0.4 is 0 Å². The van der Waals surface area contributed by atoms with Gasteiger partial charge in [-0.3, -0.25) is 9.59 Å². The van der Waals surface area contributed by atoms with Crippen molar-refractivity contribution in [3.63, 3.8) is 0 Å². The molecule has 1 rings (SSSR count). The molecule has 0 aromatic heterocycles. The molecule has 7 heteroatoms. The molecule has 0 bridgehead atoms. The number of nitrogens with zero attached hydrogens (tertiary/aromatic N) is 1. The number of aliphatic hydroxyl groups is 2. The van der Waals surface area contributed by atoms with Crippen LogP contribution in [0.15, 0.2) is 0 Å². The van der Waals surface area contributed by atoms with E-state index in [4.69, 9.17) is 15.1 Å². The van der Waals surface area contributed by atoms with Crippen LogP contribution in [0.5, 0.6) is 0 Å². The van der Waals surface area contributed by atoms with Crippen molar-refractivity contribution in [3.05, 3.63) is 0 Å². The first-order valence-corrected chi connectivity index (χ1v) is 7.02. The lowest BCUT2D eigenvalue weighted by Crippen LogP contribution is -2.62. The summed E-state index contributed by atoms with van der Waals surface area (Å²) in [6, 6.07) is 0. The molecule has 1 heterocycles. The number of carbonyl (C=O) groups is 2. The number of carboxylic acids is 1. The molecule has 1 fully saturated rings. The summed E-state index contributed by atoms with van der Waals surface area (Å²) in [5, 5.41) is 29.3. The average Bonchev–Trinajstić information content (AvgIpc) is 2.29. The monoisotopic (exact) mass is 303 g/mol. The Morgan fingerprint density at radius 3 is 2.10 bits per heavy atom. The van der Waals surface area contributed by atoms with Gasteiger partial charge < -0.3 is 20.2 Å². The fourth-order valence-electron chi connectivity index (χ4n) is 3.03. The Labute approximate surface area is 124 Å². The fourth-order valence-corrected chi connectivity index (χ4v) is 3.03. The maximum Gasteiger partial charge on any atom is 0.326 e. The number of carboxylic acid groups (broad SMARTS) is 1. The van der Waals surface area contributed by atoms with Crippen LogP contribution in [-0.4, -0.2) is 56.1 Å². The third-order valence-corrected chi connectivity index (χ3v) is 3.75. The molecule has 1 saturated heterocycles. The lowest BCUT2D eigenvalue weighted by atomic mass is 9.80. The number of hydrogen-bond acceptors (Lipinski definition) is 6. The minimum Gasteiger partial charge on any atom is -0.481 e. The Balaban J connectivity index is 2.79. The van der Waals surface area contributed by atoms with Crippen molar-refractivity contribution in [2.45, 2.75) is 64.1 Å². The summed E-state index contributed by atoms with van der Waals surface area (Å²) >= 11 is 0. The van der Waals surface area contributed by atoms with E-state index in [2.05, 4.69) is 0 Å². The number of hydrogen-bond donors (Lipinski definition) is 3. The van der Waals surface area contributed by atoms with Crippen LogP contribution in [0.4, 0.5) is 0 Å². The number of rotatable bonds is 5. The predicted octanol–water partition coefficient (Wildman–Crippen LogP) is 0.542. The average molecular weight is 303 g/mol. The second-order valence-corrected chi connectivity index (χ2v) is 6.87. The molecule has 3 N–H and O–H groups in total. The molecule has 1 aliphatic rings. The van der Waals surface area contributed by atoms with Crippen LogP contribution >= 0.6 is 0 Å². The van der Waals surface area contributed by atoms with Crippen LogP contribution in [0.3, 0.4) is 0 Å². The van der Waals surface area contributed by atoms with Crippen molar-refractivity contribution in [2.24, 2.45) is 5.92 Å². The zero-order valence-electron chi connectivity index (χ0n) is 13.0. The lowest BCUT2D eigenvalue weighted by molar-refractivity contribution is -0.276. The van der Waals surface area contributed by atoms with Crippen LogP contribution in [-0.2, 0) is 14.4 Å². The van der Waals surface area contributed by atoms with E-state index in [0.29, 0.717) is 12.8 Å². The SMILES string of the molecule is CC1(C)CC(O)CC(C)(C)N1OC(=O)CC(CO)C(=O)O. The van der Waals surface area contributed by atoms with E-state index in [1.165, 1.54) is 5.06 Å². The quantitative estimate of drug-likeness (QED) is 0.680. The van der Waals surface area contributed by atoms with E-state index in [1.807, 2.05) is 27.7 Å². The Morgan fingerprint density at radius 2 is 1.71 bits per heavy atom. The third kappa shape index (κ3) is 4.39. The highest BCUT2D eigenvalue weighted by Crippen LogP contribution is 2.38. The van der Waals surface area contributed by atoms with Gasteiger partial charge in [-0.05, 0) is 40.5 Å². The molecule has 1 atom stereocenters. The van der Waals surface area contributed by atoms with Gasteiger partial charge in [-0.1, -0.05) is 0 Å². The van der Waals surface area contributed by atoms with E-state index in [9.17, 15) is 14.7 Å². The van der Waals surface area contributed by atoms with E-state index in [0.717, 1.165) is 0 Å². The van der Waals surface area contributed by atoms with E-state index in [1.54, 1.807) is 0 Å². The summed E-state index contributed by atoms with van der Waals surface area (Å²) in [4.78, 5) is 28.1. The van der Waals surface area contributed by atoms with Crippen molar-refractivity contribution >= 4 is 11.9 Å². The molecule has 0 aromatic carbocycles. The predicted molar refractivity (Wildman–Crippen MR) is 74.2 cm³/mol. The van der Waals surface area contributed by atoms with Gasteiger partial charge in [-0.25, -0.2) is 0 Å². The molecule has 21 heavy (non-hydrogen) atoms. The molecule has 0 saturated carbocycles. The van der Waals surface area contributed by atoms with Gasteiger partial charge >= 0.3 is 11.9 Å². The lowest BCUT2D eigenvalue weighted by Gasteiger charge is -2.51. The molecule has 1 aliphatic heterocycles. The summed E-state index contributed by atoms with van der Waals surface area (Å²) < 4.78 is 0. The first kappa shape index (κ1) is 17.9. The number of carbonyl (C=O) groups excluding carboxylic acids is 1. The minimum atomic E-state index is -1.23. The second-order valence-electron chi connectivity index (χ2n) is 6.87. The van der Waals surface area contributed by atoms with Crippen molar-refractivity contribution < 1.29 is 29.7 Å². The molecule has 0 amide bonds. The molecule has 0 aromatic rings. The van der Waals surface area contributed by atoms with Crippen LogP contribution in [0.2, 0.25) is 0 Å². The Hall–Kier alpha value is -1.18. The molecule has 0 aliphatic carbocycles. The zero-order valence-corrected chi connectivity index (χ0v) is 13.0. The standard InChI is InChI=1S/C14H25NO6/c1-13(2)6-10(17)7-14(3,4)15(13)21-11(18)5-9(8-16)12(19)20/h9-10,16-17H,5-8H2,1-4H3,(H,19,20). The third-order valence-electron chi connectivity index (χ3n) is 3.75. The van der Waals surface area contributed by atoms with Crippen molar-refractivity contribution in [2.75, 3.05) is 6.61 Å². The number of piperidine rings is 1. The summed E-state index contributed by atoms with van der Waals surface area (Å²) in [7, 11) is 0. The van der Waals surface area contributed by atoms with Gasteiger partial charge in [0.1, 0.15) is 0 Å². The summed E-state index contributed by atoms with van der Waals surface area (Å²) in [5.74, 6) is -3.10. The van der Waals surface area contributed by atoms with Crippen LogP contribution in [0.1, 0.15) is 47.0 Å². The van der Waals surface area contributed by atoms with Crippen LogP contribution in [0, 0.1) is 5.92 Å². The summed E-state index contributed by atoms with van der Waals surface area (Å²) in [6.07, 6.45) is 0.0315. The van der Waals surface area contributed by atoms with Gasteiger partial charge in [0.25, 0.3) is 0 Å². The number of aliphatic carboxylic acids is 1. The Morgan fingerprint density at radius 1 is 1.24 bits per heavy atom. The Bertz CT molecular complexity index is 388. The van der Waals surface area contributed by atoms with Crippen molar-refractivity contribution in [1.29, 1.82) is 0 Å². The molecular weight excluding hydrogens is 278 g/mol. The first-order chi connectivity index (χ1) is 9.49. The molecule has 0 radical (unpaired) electrons. The van der Waals surface area contributed by atoms with E-state index < -0.39 is 48.1 Å². The molecule has 1 unspecified atom stereocenters. The van der Waals surface area contributed by atoms with Gasteiger partial charge in [-0.2, -0.15) is 0 Å². The number of aliphatic hydroxyl groups excluding tert-OH is 2. The van der Waals surface area contributed by atoms with Crippen molar-refractivity contribution in [1.82, 2.24) is 5.06 Å². The normalized spacial score (nSPS) is 23.5. The maximum absolute atomic E-state index is 11.9. The zero-order chi connectivity index (χ0) is 16.4. The van der Waals surface area contributed by atoms with E-state index in [-0.39, 0.29) is 0 Å². The highest BCUT2D eigenvalue weighted by atomic mass is 16.7. The molecule has 7 nitrogen and oxygen atoms in total. The van der Waals surface area contributed by atoms with Crippen molar-refractivity contribution in [3.8, 4) is 0 Å². The topological polar surface area (TPSA) is 107 Å². The highest BCUT2D eigenvalue weighted by Gasteiger charge is 2.47. The van der Waals surface area contributed by atoms with Gasteiger partial charge in [0.15, 0.2) is 0 Å². The largest absolute Gasteiger partial charge is 0.481 e. The van der Waals surface area contributed by atoms with E-state index >= 15 is 0 Å². The summed E-state index contributed by atoms with van der Waals surface area (Å²) in [6.45, 7) is 6.79. The van der Waals surface area contributed by atoms with Gasteiger partial charge in [0.2, 0.25) is 0 Å². The summed E-state index contributed by atoms with van der Waals surface area (Å²) in [5.41, 5.74) is -1.12. The second kappa shape index (κ2) is 6.29. The molecule has 0 spiro atoms. The molecule has 122 valence electrons. The molecular formula is C14H25NO6. The first-order valence-electron chi connectivity index (χ1n) is 7.02. The number of hydroxylamine groups is 2.